The van der Waals surface area contributed by atoms with Crippen molar-refractivity contribution >= 4 is 23.2 Å². The van der Waals surface area contributed by atoms with Crippen LogP contribution in [-0.4, -0.2) is 32.7 Å². The highest BCUT2D eigenvalue weighted by atomic mass is 35.5. The van der Waals surface area contributed by atoms with Gasteiger partial charge in [0.05, 0.1) is 6.54 Å². The second kappa shape index (κ2) is 8.15. The van der Waals surface area contributed by atoms with Crippen LogP contribution in [-0.2, 0) is 9.53 Å². The van der Waals surface area contributed by atoms with Gasteiger partial charge in [0, 0.05) is 31.0 Å². The van der Waals surface area contributed by atoms with Crippen molar-refractivity contribution < 1.29 is 9.53 Å². The summed E-state index contributed by atoms with van der Waals surface area (Å²) in [5, 5.41) is 6.55. The van der Waals surface area contributed by atoms with E-state index in [1.54, 1.807) is 19.2 Å². The van der Waals surface area contributed by atoms with Crippen LogP contribution in [0.1, 0.15) is 12.5 Å². The van der Waals surface area contributed by atoms with Crippen LogP contribution >= 0.6 is 11.6 Å². The van der Waals surface area contributed by atoms with E-state index in [9.17, 15) is 4.79 Å². The summed E-state index contributed by atoms with van der Waals surface area (Å²) < 4.78 is 5.03. The third-order valence-electron chi connectivity index (χ3n) is 2.70. The van der Waals surface area contributed by atoms with E-state index in [1.165, 1.54) is 0 Å². The highest BCUT2D eigenvalue weighted by Crippen LogP contribution is 2.19. The Balaban J connectivity index is 2.37. The Kier molecular flexibility index (Phi) is 6.84. The van der Waals surface area contributed by atoms with Crippen LogP contribution < -0.4 is 10.6 Å². The molecule has 0 aliphatic carbocycles. The number of hydrogen-bond acceptors (Lipinski definition) is 3. The van der Waals surface area contributed by atoms with Gasteiger partial charge in [0.2, 0.25) is 5.91 Å². The van der Waals surface area contributed by atoms with Crippen LogP contribution in [0, 0.1) is 12.8 Å². The molecule has 0 saturated carbocycles. The third-order valence-corrected chi connectivity index (χ3v) is 2.94. The molecule has 1 rings (SSSR count). The van der Waals surface area contributed by atoms with E-state index in [4.69, 9.17) is 16.3 Å². The van der Waals surface area contributed by atoms with Gasteiger partial charge >= 0.3 is 0 Å². The maximum Gasteiger partial charge on any atom is 0.238 e. The molecule has 1 atom stereocenters. The minimum absolute atomic E-state index is 0.0741. The first-order valence-corrected chi connectivity index (χ1v) is 6.66. The standard InChI is InChI=1S/C14H21ClN2O2/c1-10(9-19-3)7-16-8-14(18)17-13-6-12(15)5-4-11(13)2/h4-6,10,16H,7-9H2,1-3H3,(H,17,18). The molecule has 0 heterocycles. The van der Waals surface area contributed by atoms with Gasteiger partial charge in [-0.1, -0.05) is 24.6 Å². The highest BCUT2D eigenvalue weighted by Gasteiger charge is 2.06. The van der Waals surface area contributed by atoms with Gasteiger partial charge < -0.3 is 15.4 Å². The predicted octanol–water partition coefficient (Wildman–Crippen LogP) is 2.46. The lowest BCUT2D eigenvalue weighted by Gasteiger charge is -2.12. The first-order chi connectivity index (χ1) is 9.02. The second-order valence-corrected chi connectivity index (χ2v) is 5.14. The fraction of sp³-hybridized carbons (Fsp3) is 0.500. The van der Waals surface area contributed by atoms with Crippen LogP contribution in [0.2, 0.25) is 5.02 Å². The minimum atomic E-state index is -0.0741. The summed E-state index contributed by atoms with van der Waals surface area (Å²) in [6.45, 7) is 5.70. The van der Waals surface area contributed by atoms with E-state index in [0.717, 1.165) is 17.8 Å². The van der Waals surface area contributed by atoms with Crippen LogP contribution in [0.5, 0.6) is 0 Å². The molecule has 1 aromatic rings. The number of carbonyl (C=O) groups is 1. The number of halogens is 1. The predicted molar refractivity (Wildman–Crippen MR) is 78.7 cm³/mol. The monoisotopic (exact) mass is 284 g/mol. The van der Waals surface area contributed by atoms with E-state index in [1.807, 2.05) is 13.0 Å². The van der Waals surface area contributed by atoms with E-state index in [0.29, 0.717) is 17.5 Å². The quantitative estimate of drug-likeness (QED) is 0.809. The van der Waals surface area contributed by atoms with Crippen molar-refractivity contribution in [3.8, 4) is 0 Å². The van der Waals surface area contributed by atoms with E-state index < -0.39 is 0 Å². The van der Waals surface area contributed by atoms with Crippen LogP contribution in [0.4, 0.5) is 5.69 Å². The fourth-order valence-corrected chi connectivity index (χ4v) is 1.87. The first-order valence-electron chi connectivity index (χ1n) is 6.28. The van der Waals surface area contributed by atoms with Crippen molar-refractivity contribution in [3.05, 3.63) is 28.8 Å². The van der Waals surface area contributed by atoms with Crippen LogP contribution in [0.15, 0.2) is 18.2 Å². The molecule has 1 aromatic carbocycles. The molecular weight excluding hydrogens is 264 g/mol. The molecule has 0 aromatic heterocycles. The number of methoxy groups -OCH3 is 1. The third kappa shape index (κ3) is 6.05. The van der Waals surface area contributed by atoms with Crippen molar-refractivity contribution in [1.29, 1.82) is 0 Å². The van der Waals surface area contributed by atoms with Crippen molar-refractivity contribution in [3.63, 3.8) is 0 Å². The normalized spacial score (nSPS) is 12.2. The average molecular weight is 285 g/mol. The summed E-state index contributed by atoms with van der Waals surface area (Å²) in [6, 6.07) is 5.44. The van der Waals surface area contributed by atoms with Gasteiger partial charge in [-0.05, 0) is 30.5 Å². The summed E-state index contributed by atoms with van der Waals surface area (Å²) in [4.78, 5) is 11.8. The fourth-order valence-electron chi connectivity index (χ4n) is 1.70. The zero-order valence-electron chi connectivity index (χ0n) is 11.6. The molecule has 0 aliphatic rings. The molecule has 0 spiro atoms. The van der Waals surface area contributed by atoms with Crippen molar-refractivity contribution in [2.45, 2.75) is 13.8 Å². The Hall–Kier alpha value is -1.10. The summed E-state index contributed by atoms with van der Waals surface area (Å²) in [5.41, 5.74) is 1.75. The Morgan fingerprint density at radius 2 is 2.21 bits per heavy atom. The molecular formula is C14H21ClN2O2. The van der Waals surface area contributed by atoms with Gasteiger partial charge in [-0.3, -0.25) is 4.79 Å². The van der Waals surface area contributed by atoms with Gasteiger partial charge in [0.25, 0.3) is 0 Å². The summed E-state index contributed by atoms with van der Waals surface area (Å²) in [7, 11) is 1.67. The molecule has 1 amide bonds. The lowest BCUT2D eigenvalue weighted by atomic mass is 10.2. The SMILES string of the molecule is COCC(C)CNCC(=O)Nc1cc(Cl)ccc1C. The number of benzene rings is 1. The number of rotatable bonds is 7. The Labute approximate surface area is 119 Å². The van der Waals surface area contributed by atoms with Gasteiger partial charge in [0.15, 0.2) is 0 Å². The second-order valence-electron chi connectivity index (χ2n) is 4.70. The minimum Gasteiger partial charge on any atom is -0.384 e. The van der Waals surface area contributed by atoms with Crippen molar-refractivity contribution in [2.75, 3.05) is 32.1 Å². The smallest absolute Gasteiger partial charge is 0.238 e. The average Bonchev–Trinajstić information content (AvgIpc) is 2.34. The van der Waals surface area contributed by atoms with Gasteiger partial charge in [-0.15, -0.1) is 0 Å². The maximum absolute atomic E-state index is 11.8. The van der Waals surface area contributed by atoms with Gasteiger partial charge in [-0.2, -0.15) is 0 Å². The van der Waals surface area contributed by atoms with E-state index in [2.05, 4.69) is 17.6 Å². The summed E-state index contributed by atoms with van der Waals surface area (Å²) >= 11 is 5.90. The topological polar surface area (TPSA) is 50.4 Å². The number of ether oxygens (including phenoxy) is 1. The maximum atomic E-state index is 11.8. The largest absolute Gasteiger partial charge is 0.384 e. The molecule has 0 aliphatic heterocycles. The molecule has 0 bridgehead atoms. The van der Waals surface area contributed by atoms with Gasteiger partial charge in [-0.25, -0.2) is 0 Å². The number of carbonyl (C=O) groups excluding carboxylic acids is 1. The zero-order valence-corrected chi connectivity index (χ0v) is 12.4. The van der Waals surface area contributed by atoms with Crippen molar-refractivity contribution in [1.82, 2.24) is 5.32 Å². The molecule has 19 heavy (non-hydrogen) atoms. The summed E-state index contributed by atoms with van der Waals surface area (Å²) in [5.74, 6) is 0.306. The van der Waals surface area contributed by atoms with Crippen LogP contribution in [0.3, 0.4) is 0 Å². The molecule has 0 radical (unpaired) electrons. The Morgan fingerprint density at radius 3 is 2.89 bits per heavy atom. The molecule has 2 N–H and O–H groups in total. The van der Waals surface area contributed by atoms with Gasteiger partial charge in [0.1, 0.15) is 0 Å². The molecule has 1 unspecified atom stereocenters. The molecule has 0 fully saturated rings. The van der Waals surface area contributed by atoms with E-state index >= 15 is 0 Å². The number of aryl methyl sites for hydroxylation is 1. The lowest BCUT2D eigenvalue weighted by molar-refractivity contribution is -0.115. The summed E-state index contributed by atoms with van der Waals surface area (Å²) in [6.07, 6.45) is 0. The molecule has 4 nitrogen and oxygen atoms in total. The Morgan fingerprint density at radius 1 is 1.47 bits per heavy atom. The number of anilines is 1. The molecule has 106 valence electrons. The number of amides is 1. The van der Waals surface area contributed by atoms with E-state index in [-0.39, 0.29) is 12.5 Å². The van der Waals surface area contributed by atoms with Crippen molar-refractivity contribution in [2.24, 2.45) is 5.92 Å². The Bertz CT molecular complexity index is 424. The molecule has 0 saturated heterocycles. The number of nitrogens with one attached hydrogen (secondary N) is 2. The lowest BCUT2D eigenvalue weighted by Crippen LogP contribution is -2.32. The first kappa shape index (κ1) is 16.0. The van der Waals surface area contributed by atoms with Crippen LogP contribution in [0.25, 0.3) is 0 Å². The highest BCUT2D eigenvalue weighted by molar-refractivity contribution is 6.31. The number of hydrogen-bond donors (Lipinski definition) is 2. The zero-order chi connectivity index (χ0) is 14.3. The molecule has 5 heteroatoms.